The molecule has 1 fully saturated rings. The highest BCUT2D eigenvalue weighted by Gasteiger charge is 2.60. The maximum atomic E-state index is 13.5. The van der Waals surface area contributed by atoms with Crippen LogP contribution in [0.1, 0.15) is 28.8 Å². The number of methoxy groups -OCH3 is 1. The first-order valence-electron chi connectivity index (χ1n) is 9.79. The molecular formula is C23H23N3O4. The summed E-state index contributed by atoms with van der Waals surface area (Å²) in [5.41, 5.74) is 0.371. The van der Waals surface area contributed by atoms with Crippen LogP contribution in [0, 0.1) is 0 Å². The average Bonchev–Trinajstić information content (AvgIpc) is 3.13. The van der Waals surface area contributed by atoms with Crippen molar-refractivity contribution < 1.29 is 19.1 Å². The lowest BCUT2D eigenvalue weighted by Crippen LogP contribution is -2.70. The summed E-state index contributed by atoms with van der Waals surface area (Å²) in [4.78, 5) is 42.6. The summed E-state index contributed by atoms with van der Waals surface area (Å²) in [6.45, 7) is 4.17. The summed E-state index contributed by atoms with van der Waals surface area (Å²) in [5.74, 6) is -0.114. The van der Waals surface area contributed by atoms with Gasteiger partial charge in [0.25, 0.3) is 11.8 Å². The van der Waals surface area contributed by atoms with Crippen LogP contribution >= 0.6 is 0 Å². The molecular weight excluding hydrogens is 382 g/mol. The Kier molecular flexibility index (Phi) is 5.03. The summed E-state index contributed by atoms with van der Waals surface area (Å²) in [6, 6.07) is 14.3. The van der Waals surface area contributed by atoms with E-state index in [9.17, 15) is 14.4 Å². The number of carbonyl (C=O) groups excluding carboxylic acids is 3. The number of fused-ring (bicyclic) bond motifs is 3. The second kappa shape index (κ2) is 7.67. The van der Waals surface area contributed by atoms with Gasteiger partial charge < -0.3 is 15.0 Å². The number of carbonyl (C=O) groups is 3. The average molecular weight is 405 g/mol. The monoisotopic (exact) mass is 405 g/mol. The number of para-hydroxylation sites is 1. The zero-order valence-electron chi connectivity index (χ0n) is 16.8. The van der Waals surface area contributed by atoms with Gasteiger partial charge in [-0.2, -0.15) is 0 Å². The maximum Gasteiger partial charge on any atom is 0.267 e. The highest BCUT2D eigenvalue weighted by atomic mass is 16.5. The zero-order valence-corrected chi connectivity index (χ0v) is 16.8. The van der Waals surface area contributed by atoms with E-state index in [4.69, 9.17) is 4.74 Å². The molecule has 3 amide bonds. The van der Waals surface area contributed by atoms with Gasteiger partial charge in [0.1, 0.15) is 5.75 Å². The summed E-state index contributed by atoms with van der Waals surface area (Å²) in [7, 11) is 1.59. The smallest absolute Gasteiger partial charge is 0.267 e. The topological polar surface area (TPSA) is 79.0 Å². The Morgan fingerprint density at radius 3 is 2.63 bits per heavy atom. The number of benzene rings is 2. The largest absolute Gasteiger partial charge is 0.497 e. The molecule has 0 spiro atoms. The number of hydrogen-bond donors (Lipinski definition) is 1. The molecule has 0 unspecified atom stereocenters. The van der Waals surface area contributed by atoms with Crippen LogP contribution in [0.25, 0.3) is 0 Å². The Morgan fingerprint density at radius 1 is 1.20 bits per heavy atom. The Hall–Kier alpha value is -3.61. The Labute approximate surface area is 174 Å². The van der Waals surface area contributed by atoms with Crippen LogP contribution < -0.4 is 15.0 Å². The predicted octanol–water partition coefficient (Wildman–Crippen LogP) is 2.48. The normalized spacial score (nSPS) is 19.9. The molecule has 0 aliphatic carbocycles. The van der Waals surface area contributed by atoms with Crippen LogP contribution in [-0.2, 0) is 16.1 Å². The van der Waals surface area contributed by atoms with Crippen molar-refractivity contribution in [3.05, 3.63) is 72.3 Å². The van der Waals surface area contributed by atoms with E-state index in [1.807, 2.05) is 24.3 Å². The van der Waals surface area contributed by atoms with Crippen molar-refractivity contribution in [3.63, 3.8) is 0 Å². The lowest BCUT2D eigenvalue weighted by Gasteiger charge is -2.48. The summed E-state index contributed by atoms with van der Waals surface area (Å²) in [6.07, 6.45) is 1.99. The SMILES string of the molecule is C=CCN1C(=O)c2ccccc2N2C(=O)CC[C@]12C(=O)NCc1ccc(OC)cc1. The molecule has 2 aliphatic heterocycles. The van der Waals surface area contributed by atoms with Gasteiger partial charge in [-0.1, -0.05) is 30.3 Å². The molecule has 0 saturated carbocycles. The fourth-order valence-electron chi connectivity index (χ4n) is 4.23. The second-order valence-electron chi connectivity index (χ2n) is 7.30. The fourth-order valence-corrected chi connectivity index (χ4v) is 4.23. The van der Waals surface area contributed by atoms with Gasteiger partial charge in [-0.15, -0.1) is 6.58 Å². The van der Waals surface area contributed by atoms with Crippen LogP contribution in [0.3, 0.4) is 0 Å². The molecule has 7 heteroatoms. The first-order valence-corrected chi connectivity index (χ1v) is 9.79. The van der Waals surface area contributed by atoms with E-state index < -0.39 is 5.66 Å². The molecule has 2 aromatic carbocycles. The van der Waals surface area contributed by atoms with E-state index in [2.05, 4.69) is 11.9 Å². The van der Waals surface area contributed by atoms with Gasteiger partial charge in [0.05, 0.1) is 18.4 Å². The quantitative estimate of drug-likeness (QED) is 0.749. The van der Waals surface area contributed by atoms with E-state index in [1.165, 1.54) is 9.80 Å². The summed E-state index contributed by atoms with van der Waals surface area (Å²) >= 11 is 0. The summed E-state index contributed by atoms with van der Waals surface area (Å²) < 4.78 is 5.16. The van der Waals surface area contributed by atoms with E-state index in [0.717, 1.165) is 11.3 Å². The number of nitrogens with zero attached hydrogens (tertiary/aromatic N) is 2. The van der Waals surface area contributed by atoms with Crippen molar-refractivity contribution in [2.24, 2.45) is 0 Å². The molecule has 7 nitrogen and oxygen atoms in total. The lowest BCUT2D eigenvalue weighted by atomic mass is 9.95. The molecule has 30 heavy (non-hydrogen) atoms. The van der Waals surface area contributed by atoms with Crippen molar-refractivity contribution in [2.75, 3.05) is 18.6 Å². The minimum absolute atomic E-state index is 0.160. The molecule has 1 N–H and O–H groups in total. The van der Waals surface area contributed by atoms with Crippen molar-refractivity contribution in [2.45, 2.75) is 25.0 Å². The molecule has 154 valence electrons. The Bertz CT molecular complexity index is 1020. The van der Waals surface area contributed by atoms with Crippen LogP contribution in [0.4, 0.5) is 5.69 Å². The number of hydrogen-bond acceptors (Lipinski definition) is 4. The Morgan fingerprint density at radius 2 is 1.93 bits per heavy atom. The molecule has 2 heterocycles. The van der Waals surface area contributed by atoms with Gasteiger partial charge in [-0.05, 0) is 29.8 Å². The van der Waals surface area contributed by atoms with Crippen molar-refractivity contribution in [1.82, 2.24) is 10.2 Å². The van der Waals surface area contributed by atoms with Crippen molar-refractivity contribution in [1.29, 1.82) is 0 Å². The maximum absolute atomic E-state index is 13.5. The molecule has 0 aromatic heterocycles. The van der Waals surface area contributed by atoms with Gasteiger partial charge in [0, 0.05) is 25.9 Å². The predicted molar refractivity (Wildman–Crippen MR) is 112 cm³/mol. The van der Waals surface area contributed by atoms with Crippen molar-refractivity contribution >= 4 is 23.4 Å². The number of nitrogens with one attached hydrogen (secondary N) is 1. The van der Waals surface area contributed by atoms with E-state index >= 15 is 0 Å². The molecule has 2 aromatic rings. The number of amides is 3. The highest BCUT2D eigenvalue weighted by molar-refractivity contribution is 6.16. The van der Waals surface area contributed by atoms with Gasteiger partial charge in [-0.3, -0.25) is 19.3 Å². The third kappa shape index (κ3) is 2.94. The highest BCUT2D eigenvalue weighted by Crippen LogP contribution is 2.44. The van der Waals surface area contributed by atoms with Gasteiger partial charge in [-0.25, -0.2) is 0 Å². The number of rotatable bonds is 6. The molecule has 0 radical (unpaired) electrons. The van der Waals surface area contributed by atoms with E-state index in [0.29, 0.717) is 11.3 Å². The minimum atomic E-state index is -1.40. The van der Waals surface area contributed by atoms with E-state index in [1.54, 1.807) is 37.5 Å². The van der Waals surface area contributed by atoms with Gasteiger partial charge in [0.15, 0.2) is 0 Å². The van der Waals surface area contributed by atoms with Crippen LogP contribution in [0.15, 0.2) is 61.2 Å². The molecule has 4 rings (SSSR count). The van der Waals surface area contributed by atoms with Crippen molar-refractivity contribution in [3.8, 4) is 5.75 Å². The lowest BCUT2D eigenvalue weighted by molar-refractivity contribution is -0.133. The van der Waals surface area contributed by atoms with Crippen LogP contribution in [0.2, 0.25) is 0 Å². The third-order valence-corrected chi connectivity index (χ3v) is 5.66. The first kappa shape index (κ1) is 19.7. The third-order valence-electron chi connectivity index (χ3n) is 5.66. The van der Waals surface area contributed by atoms with Gasteiger partial charge >= 0.3 is 0 Å². The fraction of sp³-hybridized carbons (Fsp3) is 0.261. The first-order chi connectivity index (χ1) is 14.5. The molecule has 1 saturated heterocycles. The minimum Gasteiger partial charge on any atom is -0.497 e. The molecule has 0 bridgehead atoms. The van der Waals surface area contributed by atoms with Crippen LogP contribution in [-0.4, -0.2) is 41.9 Å². The number of anilines is 1. The van der Waals surface area contributed by atoms with Crippen LogP contribution in [0.5, 0.6) is 5.75 Å². The molecule has 1 atom stereocenters. The number of ether oxygens (including phenoxy) is 1. The summed E-state index contributed by atoms with van der Waals surface area (Å²) in [5, 5.41) is 2.93. The standard InChI is InChI=1S/C23H23N3O4/c1-3-14-25-21(28)18-6-4-5-7-19(18)26-20(27)12-13-23(25,26)22(29)24-15-16-8-10-17(30-2)11-9-16/h3-11H,1,12-15H2,2H3,(H,24,29)/t23-/m0/s1. The Balaban J connectivity index is 1.70. The van der Waals surface area contributed by atoms with E-state index in [-0.39, 0.29) is 43.7 Å². The zero-order chi connectivity index (χ0) is 21.3. The molecule has 2 aliphatic rings. The second-order valence-corrected chi connectivity index (χ2v) is 7.30. The van der Waals surface area contributed by atoms with Gasteiger partial charge in [0.2, 0.25) is 11.6 Å².